The summed E-state index contributed by atoms with van der Waals surface area (Å²) in [4.78, 5) is 39.6. The Hall–Kier alpha value is -2.69. The molecule has 3 aliphatic rings. The second-order valence-corrected chi connectivity index (χ2v) is 11.6. The number of hydrogen-bond acceptors (Lipinski definition) is 5. The number of esters is 2. The Kier molecular flexibility index (Phi) is 6.58. The zero-order valence-corrected chi connectivity index (χ0v) is 22.0. The standard InChI is InChI=1S/C30H38O5/c1-17-9-8-10-22(13-17)28(33)34-26-20(4)16-30(35-21(5)31)25(26)14-18(2)11-12-23-24(29(23,6)7)15-19(3)27(30)32/h8-10,13-15,20,23-26H,11-12,16H2,1-7H3/b18-14-,19-15+/t20-,23-,24+,25-,26-,30+/m0/s1. The minimum Gasteiger partial charge on any atom is -0.458 e. The second-order valence-electron chi connectivity index (χ2n) is 11.6. The van der Waals surface area contributed by atoms with Crippen LogP contribution in [-0.4, -0.2) is 29.4 Å². The Morgan fingerprint density at radius 1 is 1.06 bits per heavy atom. The number of benzene rings is 1. The molecule has 1 aromatic rings. The van der Waals surface area contributed by atoms with E-state index < -0.39 is 29.6 Å². The van der Waals surface area contributed by atoms with Crippen LogP contribution in [0.15, 0.2) is 47.6 Å². The van der Waals surface area contributed by atoms with E-state index in [0.717, 1.165) is 24.0 Å². The first kappa shape index (κ1) is 25.4. The van der Waals surface area contributed by atoms with Crippen LogP contribution in [0.5, 0.6) is 0 Å². The Morgan fingerprint density at radius 3 is 2.43 bits per heavy atom. The molecule has 188 valence electrons. The molecule has 0 unspecified atom stereocenters. The van der Waals surface area contributed by atoms with Crippen molar-refractivity contribution in [2.45, 2.75) is 79.4 Å². The molecule has 3 aliphatic carbocycles. The molecule has 0 bridgehead atoms. The number of allylic oxidation sites excluding steroid dienone is 2. The third kappa shape index (κ3) is 4.62. The maximum Gasteiger partial charge on any atom is 0.338 e. The predicted octanol–water partition coefficient (Wildman–Crippen LogP) is 6.01. The van der Waals surface area contributed by atoms with E-state index in [2.05, 4.69) is 26.8 Å². The molecule has 2 saturated carbocycles. The third-order valence-corrected chi connectivity index (χ3v) is 8.53. The predicted molar refractivity (Wildman–Crippen MR) is 135 cm³/mol. The lowest BCUT2D eigenvalue weighted by atomic mass is 9.81. The minimum absolute atomic E-state index is 0.157. The SMILES string of the molecule is CC(=O)O[C@]12C[C@H](C)[C@H](OC(=O)c3cccc(C)c3)[C@@H]1/C=C(/C)CC[C@H]1[C@@H](/C=C(\C)C2=O)C1(C)C. The summed E-state index contributed by atoms with van der Waals surface area (Å²) in [5, 5.41) is 0. The van der Waals surface area contributed by atoms with Gasteiger partial charge in [0.15, 0.2) is 5.60 Å². The van der Waals surface area contributed by atoms with Crippen LogP contribution in [0.2, 0.25) is 0 Å². The Labute approximate surface area is 209 Å². The lowest BCUT2D eigenvalue weighted by Crippen LogP contribution is -2.48. The zero-order chi connectivity index (χ0) is 25.7. The van der Waals surface area contributed by atoms with Crippen LogP contribution in [0.25, 0.3) is 0 Å². The van der Waals surface area contributed by atoms with E-state index in [1.54, 1.807) is 12.1 Å². The fourth-order valence-corrected chi connectivity index (χ4v) is 6.51. The van der Waals surface area contributed by atoms with Gasteiger partial charge in [-0.2, -0.15) is 0 Å². The van der Waals surface area contributed by atoms with Gasteiger partial charge in [-0.1, -0.05) is 56.2 Å². The van der Waals surface area contributed by atoms with Crippen LogP contribution in [0.4, 0.5) is 0 Å². The molecule has 4 rings (SSSR count). The summed E-state index contributed by atoms with van der Waals surface area (Å²) < 4.78 is 12.0. The lowest BCUT2D eigenvalue weighted by Gasteiger charge is -2.34. The van der Waals surface area contributed by atoms with Crippen molar-refractivity contribution in [2.75, 3.05) is 0 Å². The van der Waals surface area contributed by atoms with Crippen molar-refractivity contribution in [3.05, 3.63) is 58.7 Å². The van der Waals surface area contributed by atoms with E-state index in [-0.39, 0.29) is 17.1 Å². The maximum atomic E-state index is 14.1. The van der Waals surface area contributed by atoms with E-state index in [9.17, 15) is 14.4 Å². The summed E-state index contributed by atoms with van der Waals surface area (Å²) in [5.41, 5.74) is 1.97. The number of ether oxygens (including phenoxy) is 2. The molecule has 0 aliphatic heterocycles. The highest BCUT2D eigenvalue weighted by molar-refractivity contribution is 6.03. The molecule has 5 nitrogen and oxygen atoms in total. The van der Waals surface area contributed by atoms with Crippen molar-refractivity contribution >= 4 is 17.7 Å². The number of carbonyl (C=O) groups is 3. The van der Waals surface area contributed by atoms with Crippen molar-refractivity contribution < 1.29 is 23.9 Å². The summed E-state index contributed by atoms with van der Waals surface area (Å²) in [6, 6.07) is 7.29. The van der Waals surface area contributed by atoms with Crippen molar-refractivity contribution in [3.8, 4) is 0 Å². The van der Waals surface area contributed by atoms with Crippen LogP contribution in [0.1, 0.15) is 76.7 Å². The number of fused-ring (bicyclic) bond motifs is 2. The maximum absolute atomic E-state index is 14.1. The summed E-state index contributed by atoms with van der Waals surface area (Å²) in [6.45, 7) is 13.6. The largest absolute Gasteiger partial charge is 0.458 e. The van der Waals surface area contributed by atoms with E-state index in [1.807, 2.05) is 39.0 Å². The number of rotatable bonds is 3. The minimum atomic E-state index is -1.39. The highest BCUT2D eigenvalue weighted by Gasteiger charge is 2.61. The Morgan fingerprint density at radius 2 is 1.77 bits per heavy atom. The van der Waals surface area contributed by atoms with E-state index in [0.29, 0.717) is 29.4 Å². The van der Waals surface area contributed by atoms with Crippen molar-refractivity contribution in [3.63, 3.8) is 0 Å². The average molecular weight is 479 g/mol. The normalized spacial score (nSPS) is 36.9. The zero-order valence-electron chi connectivity index (χ0n) is 22.0. The first-order chi connectivity index (χ1) is 16.4. The third-order valence-electron chi connectivity index (χ3n) is 8.53. The highest BCUT2D eigenvalue weighted by Crippen LogP contribution is 2.62. The van der Waals surface area contributed by atoms with Gasteiger partial charge >= 0.3 is 11.9 Å². The molecule has 0 spiro atoms. The van der Waals surface area contributed by atoms with Gasteiger partial charge < -0.3 is 9.47 Å². The molecule has 0 amide bonds. The van der Waals surface area contributed by atoms with Crippen LogP contribution >= 0.6 is 0 Å². The number of Topliss-reactive ketones (excluding diaryl/α,β-unsaturated/α-hetero) is 1. The molecule has 0 aromatic heterocycles. The second kappa shape index (κ2) is 9.07. The fraction of sp³-hybridized carbons (Fsp3) is 0.567. The van der Waals surface area contributed by atoms with Gasteiger partial charge in [-0.3, -0.25) is 9.59 Å². The van der Waals surface area contributed by atoms with Gasteiger partial charge in [0.25, 0.3) is 0 Å². The number of ketones is 1. The van der Waals surface area contributed by atoms with Gasteiger partial charge in [0.1, 0.15) is 6.10 Å². The Bertz CT molecular complexity index is 1110. The molecule has 6 atom stereocenters. The number of hydrogen-bond donors (Lipinski definition) is 0. The smallest absolute Gasteiger partial charge is 0.338 e. The fourth-order valence-electron chi connectivity index (χ4n) is 6.51. The molecule has 0 heterocycles. The highest BCUT2D eigenvalue weighted by atomic mass is 16.6. The van der Waals surface area contributed by atoms with Gasteiger partial charge in [-0.15, -0.1) is 0 Å². The summed E-state index contributed by atoms with van der Waals surface area (Å²) >= 11 is 0. The molecule has 0 N–H and O–H groups in total. The van der Waals surface area contributed by atoms with Gasteiger partial charge in [0, 0.05) is 13.3 Å². The molecule has 35 heavy (non-hydrogen) atoms. The van der Waals surface area contributed by atoms with E-state index in [1.165, 1.54) is 6.92 Å². The van der Waals surface area contributed by atoms with Crippen LogP contribution < -0.4 is 0 Å². The average Bonchev–Trinajstić information content (AvgIpc) is 3.19. The summed E-state index contributed by atoms with van der Waals surface area (Å²) in [5.74, 6) is -0.961. The van der Waals surface area contributed by atoms with Crippen molar-refractivity contribution in [2.24, 2.45) is 29.1 Å². The Balaban J connectivity index is 1.77. The van der Waals surface area contributed by atoms with E-state index >= 15 is 0 Å². The summed E-state index contributed by atoms with van der Waals surface area (Å²) in [7, 11) is 0. The molecule has 5 heteroatoms. The van der Waals surface area contributed by atoms with Gasteiger partial charge in [0.05, 0.1) is 11.5 Å². The van der Waals surface area contributed by atoms with Crippen LogP contribution in [0, 0.1) is 36.0 Å². The van der Waals surface area contributed by atoms with Crippen molar-refractivity contribution in [1.82, 2.24) is 0 Å². The molecule has 0 saturated heterocycles. The molecule has 0 radical (unpaired) electrons. The van der Waals surface area contributed by atoms with Crippen molar-refractivity contribution in [1.29, 1.82) is 0 Å². The topological polar surface area (TPSA) is 69.7 Å². The number of carbonyl (C=O) groups excluding carboxylic acids is 3. The quantitative estimate of drug-likeness (QED) is 0.393. The van der Waals surface area contributed by atoms with Crippen LogP contribution in [0.3, 0.4) is 0 Å². The monoisotopic (exact) mass is 478 g/mol. The van der Waals surface area contributed by atoms with Gasteiger partial charge in [-0.05, 0) is 74.5 Å². The first-order valence-electron chi connectivity index (χ1n) is 12.7. The van der Waals surface area contributed by atoms with Gasteiger partial charge in [-0.25, -0.2) is 4.79 Å². The first-order valence-corrected chi connectivity index (χ1v) is 12.7. The number of aryl methyl sites for hydroxylation is 1. The molecule has 2 fully saturated rings. The molecular formula is C30H38O5. The lowest BCUT2D eigenvalue weighted by molar-refractivity contribution is -0.168. The molecule has 1 aromatic carbocycles. The van der Waals surface area contributed by atoms with Crippen LogP contribution in [-0.2, 0) is 19.1 Å². The summed E-state index contributed by atoms with van der Waals surface area (Å²) in [6.07, 6.45) is 5.79. The van der Waals surface area contributed by atoms with Gasteiger partial charge in [0.2, 0.25) is 5.78 Å². The molecular weight excluding hydrogens is 440 g/mol. The van der Waals surface area contributed by atoms with E-state index in [4.69, 9.17) is 9.47 Å².